The van der Waals surface area contributed by atoms with Crippen LogP contribution in [-0.2, 0) is 0 Å². The lowest BCUT2D eigenvalue weighted by molar-refractivity contribution is 0.386. The Morgan fingerprint density at radius 1 is 1.05 bits per heavy atom. The number of nitrogens with one attached hydrogen (secondary N) is 1. The largest absolute Gasteiger partial charge is 0.497 e. The molecule has 0 saturated heterocycles. The Morgan fingerprint density at radius 2 is 1.85 bits per heavy atom. The normalized spacial score (nSPS) is 11.8. The van der Waals surface area contributed by atoms with Gasteiger partial charge in [-0.2, -0.15) is 0 Å². The van der Waals surface area contributed by atoms with Crippen LogP contribution in [0.1, 0.15) is 18.5 Å². The zero-order valence-electron chi connectivity index (χ0n) is 11.8. The van der Waals surface area contributed by atoms with Gasteiger partial charge >= 0.3 is 0 Å². The molecule has 0 amide bonds. The first-order valence-corrected chi connectivity index (χ1v) is 6.38. The minimum Gasteiger partial charge on any atom is -0.497 e. The van der Waals surface area contributed by atoms with Gasteiger partial charge in [0.05, 0.1) is 14.2 Å². The fraction of sp³-hybridized carbons (Fsp3) is 0.250. The Bertz CT molecular complexity index is 586. The molecule has 0 fully saturated rings. The zero-order chi connectivity index (χ0) is 14.5. The first-order valence-electron chi connectivity index (χ1n) is 6.38. The summed E-state index contributed by atoms with van der Waals surface area (Å²) < 4.78 is 23.7. The Labute approximate surface area is 118 Å². The summed E-state index contributed by atoms with van der Waals surface area (Å²) in [5.74, 6) is 0.664. The molecule has 4 heteroatoms. The third-order valence-corrected chi connectivity index (χ3v) is 3.13. The lowest BCUT2D eigenvalue weighted by Crippen LogP contribution is -2.07. The van der Waals surface area contributed by atoms with Crippen LogP contribution in [0.25, 0.3) is 0 Å². The molecule has 2 aromatic rings. The molecule has 0 spiro atoms. The SMILES string of the molecule is COc1cccc(C(C)Nc2ccc(OC)c(F)c2)c1. The standard InChI is InChI=1S/C16H18FNO2/c1-11(12-5-4-6-14(9-12)19-2)18-13-7-8-16(20-3)15(17)10-13/h4-11,18H,1-3H3. The average molecular weight is 275 g/mol. The second-order valence-corrected chi connectivity index (χ2v) is 4.49. The maximum Gasteiger partial charge on any atom is 0.167 e. The van der Waals surface area contributed by atoms with E-state index < -0.39 is 0 Å². The van der Waals surface area contributed by atoms with Gasteiger partial charge in [0.2, 0.25) is 0 Å². The van der Waals surface area contributed by atoms with Gasteiger partial charge in [-0.1, -0.05) is 12.1 Å². The maximum absolute atomic E-state index is 13.6. The number of ether oxygens (including phenoxy) is 2. The monoisotopic (exact) mass is 275 g/mol. The van der Waals surface area contributed by atoms with Crippen LogP contribution in [0.5, 0.6) is 11.5 Å². The number of rotatable bonds is 5. The number of hydrogen-bond acceptors (Lipinski definition) is 3. The Kier molecular flexibility index (Phi) is 4.45. The molecule has 3 nitrogen and oxygen atoms in total. The van der Waals surface area contributed by atoms with E-state index >= 15 is 0 Å². The van der Waals surface area contributed by atoms with Crippen molar-refractivity contribution in [1.29, 1.82) is 0 Å². The molecule has 0 aliphatic carbocycles. The first-order chi connectivity index (χ1) is 9.63. The van der Waals surface area contributed by atoms with Gasteiger partial charge in [-0.3, -0.25) is 0 Å². The highest BCUT2D eigenvalue weighted by atomic mass is 19.1. The van der Waals surface area contributed by atoms with Crippen LogP contribution in [0.15, 0.2) is 42.5 Å². The van der Waals surface area contributed by atoms with Gasteiger partial charge in [0.1, 0.15) is 5.75 Å². The van der Waals surface area contributed by atoms with E-state index in [-0.39, 0.29) is 17.6 Å². The molecular formula is C16H18FNO2. The predicted molar refractivity (Wildman–Crippen MR) is 78.0 cm³/mol. The number of hydrogen-bond donors (Lipinski definition) is 1. The zero-order valence-corrected chi connectivity index (χ0v) is 11.8. The van der Waals surface area contributed by atoms with Crippen molar-refractivity contribution in [2.75, 3.05) is 19.5 Å². The smallest absolute Gasteiger partial charge is 0.167 e. The Hall–Kier alpha value is -2.23. The van der Waals surface area contributed by atoms with Gasteiger partial charge in [-0.05, 0) is 36.8 Å². The third kappa shape index (κ3) is 3.20. The lowest BCUT2D eigenvalue weighted by Gasteiger charge is -2.17. The van der Waals surface area contributed by atoms with Gasteiger partial charge in [-0.15, -0.1) is 0 Å². The number of anilines is 1. The van der Waals surface area contributed by atoms with Gasteiger partial charge < -0.3 is 14.8 Å². The molecule has 1 atom stereocenters. The van der Waals surface area contributed by atoms with E-state index in [9.17, 15) is 4.39 Å². The molecule has 2 rings (SSSR count). The van der Waals surface area contributed by atoms with Crippen molar-refractivity contribution in [2.24, 2.45) is 0 Å². The quantitative estimate of drug-likeness (QED) is 0.894. The van der Waals surface area contributed by atoms with Crippen molar-refractivity contribution >= 4 is 5.69 Å². The van der Waals surface area contributed by atoms with Crippen LogP contribution in [0.2, 0.25) is 0 Å². The minimum absolute atomic E-state index is 0.0397. The van der Waals surface area contributed by atoms with Gasteiger partial charge in [0.25, 0.3) is 0 Å². The van der Waals surface area contributed by atoms with Crippen molar-refractivity contribution in [2.45, 2.75) is 13.0 Å². The van der Waals surface area contributed by atoms with E-state index in [1.54, 1.807) is 19.2 Å². The summed E-state index contributed by atoms with van der Waals surface area (Å²) in [7, 11) is 3.08. The van der Waals surface area contributed by atoms with E-state index in [4.69, 9.17) is 9.47 Å². The second-order valence-electron chi connectivity index (χ2n) is 4.49. The summed E-state index contributed by atoms with van der Waals surface area (Å²) in [6.45, 7) is 2.01. The molecule has 0 saturated carbocycles. The fourth-order valence-electron chi connectivity index (χ4n) is 2.00. The maximum atomic E-state index is 13.6. The molecule has 0 bridgehead atoms. The Morgan fingerprint density at radius 3 is 2.50 bits per heavy atom. The van der Waals surface area contributed by atoms with Gasteiger partial charge in [0.15, 0.2) is 11.6 Å². The average Bonchev–Trinajstić information content (AvgIpc) is 2.47. The predicted octanol–water partition coefficient (Wildman–Crippen LogP) is 4.02. The van der Waals surface area contributed by atoms with E-state index in [1.165, 1.54) is 13.2 Å². The van der Waals surface area contributed by atoms with Crippen LogP contribution in [-0.4, -0.2) is 14.2 Å². The van der Waals surface area contributed by atoms with E-state index in [0.29, 0.717) is 5.69 Å². The minimum atomic E-state index is -0.379. The van der Waals surface area contributed by atoms with Crippen LogP contribution in [0.4, 0.5) is 10.1 Å². The van der Waals surface area contributed by atoms with Crippen molar-refractivity contribution in [3.63, 3.8) is 0 Å². The lowest BCUT2D eigenvalue weighted by atomic mass is 10.1. The van der Waals surface area contributed by atoms with Gasteiger partial charge in [-0.25, -0.2) is 4.39 Å². The summed E-state index contributed by atoms with van der Waals surface area (Å²) in [5, 5.41) is 3.25. The molecular weight excluding hydrogens is 257 g/mol. The van der Waals surface area contributed by atoms with Crippen molar-refractivity contribution < 1.29 is 13.9 Å². The van der Waals surface area contributed by atoms with Crippen molar-refractivity contribution in [3.05, 3.63) is 53.8 Å². The van der Waals surface area contributed by atoms with Crippen LogP contribution in [0, 0.1) is 5.82 Å². The molecule has 1 N–H and O–H groups in total. The van der Waals surface area contributed by atoms with Crippen LogP contribution in [0.3, 0.4) is 0 Å². The molecule has 20 heavy (non-hydrogen) atoms. The summed E-state index contributed by atoms with van der Waals surface area (Å²) in [6.07, 6.45) is 0. The molecule has 0 aliphatic heterocycles. The van der Waals surface area contributed by atoms with Crippen LogP contribution < -0.4 is 14.8 Å². The number of halogens is 1. The molecule has 2 aromatic carbocycles. The number of methoxy groups -OCH3 is 2. The summed E-state index contributed by atoms with van der Waals surface area (Å²) in [6, 6.07) is 12.6. The summed E-state index contributed by atoms with van der Waals surface area (Å²) in [4.78, 5) is 0. The molecule has 1 unspecified atom stereocenters. The van der Waals surface area contributed by atoms with E-state index in [1.807, 2.05) is 31.2 Å². The molecule has 0 radical (unpaired) electrons. The van der Waals surface area contributed by atoms with Crippen molar-refractivity contribution in [1.82, 2.24) is 0 Å². The fourth-order valence-corrected chi connectivity index (χ4v) is 2.00. The van der Waals surface area contributed by atoms with E-state index in [2.05, 4.69) is 5.32 Å². The van der Waals surface area contributed by atoms with Gasteiger partial charge in [0, 0.05) is 17.8 Å². The Balaban J connectivity index is 2.14. The molecule has 0 heterocycles. The highest BCUT2D eigenvalue weighted by Gasteiger charge is 2.08. The van der Waals surface area contributed by atoms with Crippen molar-refractivity contribution in [3.8, 4) is 11.5 Å². The molecule has 0 aliphatic rings. The highest BCUT2D eigenvalue weighted by molar-refractivity contribution is 5.49. The third-order valence-electron chi connectivity index (χ3n) is 3.13. The molecule has 106 valence electrons. The summed E-state index contributed by atoms with van der Waals surface area (Å²) >= 11 is 0. The number of benzene rings is 2. The summed E-state index contributed by atoms with van der Waals surface area (Å²) in [5.41, 5.74) is 1.78. The van der Waals surface area contributed by atoms with Crippen LogP contribution >= 0.6 is 0 Å². The first kappa shape index (κ1) is 14.2. The van der Waals surface area contributed by atoms with E-state index in [0.717, 1.165) is 11.3 Å². The highest BCUT2D eigenvalue weighted by Crippen LogP contribution is 2.25. The second kappa shape index (κ2) is 6.28. The molecule has 0 aromatic heterocycles. The topological polar surface area (TPSA) is 30.5 Å².